The average Bonchev–Trinajstić information content (AvgIpc) is 3.22. The third-order valence-electron chi connectivity index (χ3n) is 4.37. The van der Waals surface area contributed by atoms with Crippen LogP contribution < -0.4 is 14.8 Å². The number of carbonyl (C=O) groups excluding carboxylic acids is 2. The molecule has 0 aliphatic carbocycles. The van der Waals surface area contributed by atoms with Crippen molar-refractivity contribution in [3.63, 3.8) is 0 Å². The van der Waals surface area contributed by atoms with Crippen LogP contribution in [0.1, 0.15) is 30.9 Å². The number of benzene rings is 2. The van der Waals surface area contributed by atoms with Gasteiger partial charge in [0.05, 0.1) is 12.8 Å². The summed E-state index contributed by atoms with van der Waals surface area (Å²) in [7, 11) is 1.50. The van der Waals surface area contributed by atoms with Crippen LogP contribution in [0.2, 0.25) is 0 Å². The minimum atomic E-state index is -0.308. The van der Waals surface area contributed by atoms with E-state index in [9.17, 15) is 9.59 Å². The lowest BCUT2D eigenvalue weighted by molar-refractivity contribution is -0.134. The number of nitrogens with zero attached hydrogens (tertiary/aromatic N) is 1. The zero-order valence-electron chi connectivity index (χ0n) is 17.7. The van der Waals surface area contributed by atoms with Gasteiger partial charge >= 0.3 is 5.97 Å². The number of rotatable bonds is 8. The van der Waals surface area contributed by atoms with Gasteiger partial charge in [0.2, 0.25) is 5.91 Å². The molecule has 0 spiro atoms. The third-order valence-corrected chi connectivity index (χ3v) is 5.13. The largest absolute Gasteiger partial charge is 0.493 e. The van der Waals surface area contributed by atoms with Crippen molar-refractivity contribution in [1.82, 2.24) is 4.98 Å². The van der Waals surface area contributed by atoms with Crippen LogP contribution in [-0.2, 0) is 9.59 Å². The summed E-state index contributed by atoms with van der Waals surface area (Å²) in [6.07, 6.45) is 4.13. The number of ether oxygens (including phenoxy) is 2. The molecular weight excluding hydrogens is 412 g/mol. The Hall–Kier alpha value is -3.45. The fraction of sp³-hybridized carbons (Fsp3) is 0.208. The summed E-state index contributed by atoms with van der Waals surface area (Å²) in [5, 5.41) is 5.21. The summed E-state index contributed by atoms with van der Waals surface area (Å²) in [6.45, 7) is 3.94. The average molecular weight is 437 g/mol. The molecule has 0 bridgehead atoms. The Bertz CT molecular complexity index is 1090. The molecule has 160 valence electrons. The number of anilines is 1. The van der Waals surface area contributed by atoms with Gasteiger partial charge in [-0.2, -0.15) is 0 Å². The van der Waals surface area contributed by atoms with E-state index in [1.54, 1.807) is 24.3 Å². The first-order chi connectivity index (χ1) is 15.0. The molecule has 3 aromatic rings. The van der Waals surface area contributed by atoms with Crippen molar-refractivity contribution < 1.29 is 19.1 Å². The smallest absolute Gasteiger partial charge is 0.311 e. The van der Waals surface area contributed by atoms with Crippen LogP contribution in [0, 0.1) is 6.92 Å². The number of esters is 1. The molecule has 0 saturated carbocycles. The molecule has 7 heteroatoms. The van der Waals surface area contributed by atoms with Crippen LogP contribution in [0.25, 0.3) is 17.3 Å². The first kappa shape index (κ1) is 22.2. The second-order valence-electron chi connectivity index (χ2n) is 6.86. The van der Waals surface area contributed by atoms with Crippen molar-refractivity contribution in [1.29, 1.82) is 0 Å². The Labute approximate surface area is 185 Å². The predicted octanol–water partition coefficient (Wildman–Crippen LogP) is 5.48. The van der Waals surface area contributed by atoms with Gasteiger partial charge in [-0.15, -0.1) is 11.3 Å². The maximum Gasteiger partial charge on any atom is 0.311 e. The summed E-state index contributed by atoms with van der Waals surface area (Å²) >= 11 is 1.37. The Balaban J connectivity index is 1.63. The van der Waals surface area contributed by atoms with Gasteiger partial charge in [-0.05, 0) is 37.1 Å². The van der Waals surface area contributed by atoms with Gasteiger partial charge in [-0.3, -0.25) is 14.9 Å². The molecule has 6 nitrogen and oxygen atoms in total. The molecule has 0 aliphatic rings. The number of aryl methyl sites for hydroxylation is 1. The number of amides is 1. The van der Waals surface area contributed by atoms with Crippen LogP contribution in [0.5, 0.6) is 11.5 Å². The maximum absolute atomic E-state index is 12.3. The zero-order chi connectivity index (χ0) is 22.2. The van der Waals surface area contributed by atoms with Crippen molar-refractivity contribution in [3.8, 4) is 22.8 Å². The minimum absolute atomic E-state index is 0.290. The molecule has 1 aromatic heterocycles. The summed E-state index contributed by atoms with van der Waals surface area (Å²) in [6, 6.07) is 13.2. The molecule has 2 aromatic carbocycles. The number of hydrogen-bond acceptors (Lipinski definition) is 6. The Morgan fingerprint density at radius 3 is 2.61 bits per heavy atom. The first-order valence-corrected chi connectivity index (χ1v) is 10.8. The molecule has 1 amide bonds. The van der Waals surface area contributed by atoms with Crippen molar-refractivity contribution in [2.75, 3.05) is 12.4 Å². The Kier molecular flexibility index (Phi) is 7.56. The molecule has 0 saturated heterocycles. The van der Waals surface area contributed by atoms with E-state index >= 15 is 0 Å². The molecular formula is C24H24N2O4S. The summed E-state index contributed by atoms with van der Waals surface area (Å²) in [5.41, 5.74) is 3.75. The van der Waals surface area contributed by atoms with Crippen LogP contribution in [-0.4, -0.2) is 24.0 Å². The fourth-order valence-corrected chi connectivity index (χ4v) is 3.48. The van der Waals surface area contributed by atoms with Crippen LogP contribution in [0.4, 0.5) is 5.13 Å². The molecule has 0 fully saturated rings. The molecule has 1 N–H and O–H groups in total. The quantitative estimate of drug-likeness (QED) is 0.287. The number of methoxy groups -OCH3 is 1. The minimum Gasteiger partial charge on any atom is -0.493 e. The summed E-state index contributed by atoms with van der Waals surface area (Å²) < 4.78 is 10.6. The SMILES string of the molecule is CCCC(=O)Oc1ccc(C=CC(=O)Nc2nc(-c3ccc(C)cc3)cs2)cc1OC. The van der Waals surface area contributed by atoms with E-state index in [4.69, 9.17) is 9.47 Å². The van der Waals surface area contributed by atoms with Crippen molar-refractivity contribution in [2.24, 2.45) is 0 Å². The Morgan fingerprint density at radius 1 is 1.13 bits per heavy atom. The van der Waals surface area contributed by atoms with Gasteiger partial charge in [0.25, 0.3) is 0 Å². The zero-order valence-corrected chi connectivity index (χ0v) is 18.5. The number of carbonyl (C=O) groups is 2. The standard InChI is InChI=1S/C24H24N2O4S/c1-4-5-23(28)30-20-12-8-17(14-21(20)29-3)9-13-22(27)26-24-25-19(15-31-24)18-10-6-16(2)7-11-18/h6-15H,4-5H2,1-3H3,(H,25,26,27). The van der Waals surface area contributed by atoms with Crippen LogP contribution >= 0.6 is 11.3 Å². The number of nitrogens with one attached hydrogen (secondary N) is 1. The summed E-state index contributed by atoms with van der Waals surface area (Å²) in [5.74, 6) is 0.183. The van der Waals surface area contributed by atoms with Gasteiger partial charge in [-0.1, -0.05) is 42.8 Å². The monoisotopic (exact) mass is 436 g/mol. The second-order valence-corrected chi connectivity index (χ2v) is 7.72. The van der Waals surface area contributed by atoms with E-state index in [0.717, 1.165) is 16.8 Å². The van der Waals surface area contributed by atoms with Crippen LogP contribution in [0.3, 0.4) is 0 Å². The van der Waals surface area contributed by atoms with Gasteiger partial charge in [0.15, 0.2) is 16.6 Å². The molecule has 3 rings (SSSR count). The summed E-state index contributed by atoms with van der Waals surface area (Å²) in [4.78, 5) is 28.5. The third kappa shape index (κ3) is 6.26. The topological polar surface area (TPSA) is 77.5 Å². The van der Waals surface area contributed by atoms with E-state index in [-0.39, 0.29) is 11.9 Å². The van der Waals surface area contributed by atoms with E-state index in [1.165, 1.54) is 30.1 Å². The predicted molar refractivity (Wildman–Crippen MR) is 123 cm³/mol. The van der Waals surface area contributed by atoms with Gasteiger partial charge in [0, 0.05) is 23.4 Å². The molecule has 0 atom stereocenters. The highest BCUT2D eigenvalue weighted by atomic mass is 32.1. The van der Waals surface area contributed by atoms with E-state index in [1.807, 2.05) is 43.5 Å². The normalized spacial score (nSPS) is 10.8. The van der Waals surface area contributed by atoms with E-state index in [0.29, 0.717) is 29.5 Å². The molecule has 31 heavy (non-hydrogen) atoms. The highest BCUT2D eigenvalue weighted by molar-refractivity contribution is 7.14. The fourth-order valence-electron chi connectivity index (χ4n) is 2.76. The second kappa shape index (κ2) is 10.5. The number of aromatic nitrogens is 1. The lowest BCUT2D eigenvalue weighted by Crippen LogP contribution is -2.08. The van der Waals surface area contributed by atoms with Gasteiger partial charge in [-0.25, -0.2) is 4.98 Å². The lowest BCUT2D eigenvalue weighted by Gasteiger charge is -2.09. The maximum atomic E-state index is 12.3. The van der Waals surface area contributed by atoms with E-state index < -0.39 is 0 Å². The van der Waals surface area contributed by atoms with Gasteiger partial charge in [0.1, 0.15) is 0 Å². The highest BCUT2D eigenvalue weighted by Gasteiger charge is 2.10. The van der Waals surface area contributed by atoms with Crippen molar-refractivity contribution in [3.05, 3.63) is 65.0 Å². The molecule has 1 heterocycles. The Morgan fingerprint density at radius 2 is 1.90 bits per heavy atom. The number of hydrogen-bond donors (Lipinski definition) is 1. The number of thiazole rings is 1. The highest BCUT2D eigenvalue weighted by Crippen LogP contribution is 2.29. The molecule has 0 unspecified atom stereocenters. The van der Waals surface area contributed by atoms with Crippen molar-refractivity contribution >= 4 is 34.4 Å². The van der Waals surface area contributed by atoms with E-state index in [2.05, 4.69) is 10.3 Å². The molecule has 0 aliphatic heterocycles. The van der Waals surface area contributed by atoms with Crippen LogP contribution in [0.15, 0.2) is 53.9 Å². The van der Waals surface area contributed by atoms with Crippen molar-refractivity contribution in [2.45, 2.75) is 26.7 Å². The molecule has 0 radical (unpaired) electrons. The van der Waals surface area contributed by atoms with Gasteiger partial charge < -0.3 is 9.47 Å². The first-order valence-electron chi connectivity index (χ1n) is 9.89. The lowest BCUT2D eigenvalue weighted by atomic mass is 10.1.